The van der Waals surface area contributed by atoms with Crippen molar-refractivity contribution in [2.75, 3.05) is 20.3 Å². The molecule has 0 saturated carbocycles. The molecule has 3 rings (SSSR count). The lowest BCUT2D eigenvalue weighted by molar-refractivity contribution is 0.185. The van der Waals surface area contributed by atoms with Crippen molar-refractivity contribution in [2.24, 2.45) is 5.92 Å². The Morgan fingerprint density at radius 2 is 2.41 bits per heavy atom. The first-order valence-corrected chi connectivity index (χ1v) is 5.82. The molecule has 1 atom stereocenters. The fourth-order valence-electron chi connectivity index (χ4n) is 2.18. The van der Waals surface area contributed by atoms with Gasteiger partial charge in [0, 0.05) is 19.6 Å². The lowest BCUT2D eigenvalue weighted by atomic mass is 10.1. The predicted molar refractivity (Wildman–Crippen MR) is 62.2 cm³/mol. The number of fused-ring (bicyclic) bond motifs is 1. The van der Waals surface area contributed by atoms with Crippen LogP contribution in [-0.4, -0.2) is 34.9 Å². The topological polar surface area (TPSA) is 48.7 Å². The molecule has 1 fully saturated rings. The van der Waals surface area contributed by atoms with E-state index in [0.29, 0.717) is 5.92 Å². The summed E-state index contributed by atoms with van der Waals surface area (Å²) in [6, 6.07) is 3.81. The fraction of sp³-hybridized carbons (Fsp3) is 0.500. The maximum Gasteiger partial charge on any atom is 0.161 e. The van der Waals surface area contributed by atoms with E-state index >= 15 is 0 Å². The first-order valence-electron chi connectivity index (χ1n) is 5.82. The molecule has 0 amide bonds. The SMILES string of the molecule is COc1ccc2nnc(CC3CCOC3)n2c1. The summed E-state index contributed by atoms with van der Waals surface area (Å²) >= 11 is 0. The highest BCUT2D eigenvalue weighted by Crippen LogP contribution is 2.19. The first-order chi connectivity index (χ1) is 8.36. The van der Waals surface area contributed by atoms with Gasteiger partial charge in [-0.3, -0.25) is 4.40 Å². The highest BCUT2D eigenvalue weighted by atomic mass is 16.5. The van der Waals surface area contributed by atoms with Crippen LogP contribution in [0, 0.1) is 5.92 Å². The Bertz CT molecular complexity index is 517. The highest BCUT2D eigenvalue weighted by Gasteiger charge is 2.19. The van der Waals surface area contributed by atoms with Crippen molar-refractivity contribution in [1.82, 2.24) is 14.6 Å². The molecule has 0 aliphatic carbocycles. The van der Waals surface area contributed by atoms with Gasteiger partial charge in [-0.15, -0.1) is 10.2 Å². The highest BCUT2D eigenvalue weighted by molar-refractivity contribution is 5.41. The van der Waals surface area contributed by atoms with Gasteiger partial charge in [0.2, 0.25) is 0 Å². The number of rotatable bonds is 3. The molecule has 0 N–H and O–H groups in total. The van der Waals surface area contributed by atoms with Crippen LogP contribution in [0.3, 0.4) is 0 Å². The average Bonchev–Trinajstić information content (AvgIpc) is 2.99. The summed E-state index contributed by atoms with van der Waals surface area (Å²) < 4.78 is 12.6. The van der Waals surface area contributed by atoms with Crippen LogP contribution in [0.15, 0.2) is 18.3 Å². The van der Waals surface area contributed by atoms with Crippen molar-refractivity contribution in [3.63, 3.8) is 0 Å². The number of ether oxygens (including phenoxy) is 2. The number of nitrogens with zero attached hydrogens (tertiary/aromatic N) is 3. The van der Waals surface area contributed by atoms with Crippen molar-refractivity contribution in [3.05, 3.63) is 24.2 Å². The average molecular weight is 233 g/mol. The van der Waals surface area contributed by atoms with Crippen LogP contribution in [0.25, 0.3) is 5.65 Å². The van der Waals surface area contributed by atoms with Gasteiger partial charge >= 0.3 is 0 Å². The first kappa shape index (κ1) is 10.5. The van der Waals surface area contributed by atoms with Crippen LogP contribution in [0.5, 0.6) is 5.75 Å². The van der Waals surface area contributed by atoms with E-state index in [1.54, 1.807) is 7.11 Å². The second kappa shape index (κ2) is 4.33. The third kappa shape index (κ3) is 1.98. The molecule has 0 radical (unpaired) electrons. The predicted octanol–water partition coefficient (Wildman–Crippen LogP) is 1.32. The standard InChI is InChI=1S/C12H15N3O2/c1-16-10-2-3-11-13-14-12(15(11)7-10)6-9-4-5-17-8-9/h2-3,7,9H,4-6,8H2,1H3. The Balaban J connectivity index is 1.92. The summed E-state index contributed by atoms with van der Waals surface area (Å²) in [7, 11) is 1.66. The summed E-state index contributed by atoms with van der Waals surface area (Å²) in [5.74, 6) is 2.37. The third-order valence-electron chi connectivity index (χ3n) is 3.18. The minimum absolute atomic E-state index is 0.564. The van der Waals surface area contributed by atoms with Crippen molar-refractivity contribution in [2.45, 2.75) is 12.8 Å². The molecule has 5 heteroatoms. The van der Waals surface area contributed by atoms with Crippen LogP contribution in [0.2, 0.25) is 0 Å². The Kier molecular flexibility index (Phi) is 2.68. The molecule has 0 aromatic carbocycles. The monoisotopic (exact) mass is 233 g/mol. The summed E-state index contributed by atoms with van der Waals surface area (Å²) in [6.07, 6.45) is 3.95. The van der Waals surface area contributed by atoms with Gasteiger partial charge in [0.1, 0.15) is 11.6 Å². The molecule has 1 saturated heterocycles. The molecule has 1 unspecified atom stereocenters. The van der Waals surface area contributed by atoms with E-state index < -0.39 is 0 Å². The van der Waals surface area contributed by atoms with Gasteiger partial charge in [-0.2, -0.15) is 0 Å². The minimum Gasteiger partial charge on any atom is -0.495 e. The molecular formula is C12H15N3O2. The van der Waals surface area contributed by atoms with Gasteiger partial charge in [0.25, 0.3) is 0 Å². The Labute approximate surface area is 99.4 Å². The quantitative estimate of drug-likeness (QED) is 0.802. The van der Waals surface area contributed by atoms with E-state index in [2.05, 4.69) is 10.2 Å². The Hall–Kier alpha value is -1.62. The second-order valence-corrected chi connectivity index (χ2v) is 4.35. The third-order valence-corrected chi connectivity index (χ3v) is 3.18. The fourth-order valence-corrected chi connectivity index (χ4v) is 2.18. The van der Waals surface area contributed by atoms with E-state index in [1.807, 2.05) is 22.7 Å². The maximum atomic E-state index is 5.38. The zero-order valence-electron chi connectivity index (χ0n) is 9.80. The van der Waals surface area contributed by atoms with Gasteiger partial charge in [-0.05, 0) is 24.5 Å². The molecule has 0 spiro atoms. The molecule has 5 nitrogen and oxygen atoms in total. The van der Waals surface area contributed by atoms with E-state index in [9.17, 15) is 0 Å². The lowest BCUT2D eigenvalue weighted by Gasteiger charge is -2.06. The zero-order chi connectivity index (χ0) is 11.7. The molecule has 1 aliphatic rings. The summed E-state index contributed by atoms with van der Waals surface area (Å²) in [5, 5.41) is 8.39. The maximum absolute atomic E-state index is 5.38. The van der Waals surface area contributed by atoms with Crippen molar-refractivity contribution in [1.29, 1.82) is 0 Å². The molecular weight excluding hydrogens is 218 g/mol. The minimum atomic E-state index is 0.564. The number of methoxy groups -OCH3 is 1. The van der Waals surface area contributed by atoms with Gasteiger partial charge in [-0.1, -0.05) is 0 Å². The van der Waals surface area contributed by atoms with Crippen LogP contribution < -0.4 is 4.74 Å². The molecule has 1 aliphatic heterocycles. The second-order valence-electron chi connectivity index (χ2n) is 4.35. The molecule has 3 heterocycles. The van der Waals surface area contributed by atoms with Crippen molar-refractivity contribution >= 4 is 5.65 Å². The van der Waals surface area contributed by atoms with Gasteiger partial charge in [0.05, 0.1) is 13.3 Å². The van der Waals surface area contributed by atoms with Gasteiger partial charge in [0.15, 0.2) is 5.65 Å². The van der Waals surface area contributed by atoms with E-state index in [1.165, 1.54) is 0 Å². The van der Waals surface area contributed by atoms with Gasteiger partial charge < -0.3 is 9.47 Å². The van der Waals surface area contributed by atoms with E-state index in [4.69, 9.17) is 9.47 Å². The number of hydrogen-bond acceptors (Lipinski definition) is 4. The lowest BCUT2D eigenvalue weighted by Crippen LogP contribution is -2.07. The molecule has 0 bridgehead atoms. The largest absolute Gasteiger partial charge is 0.495 e. The Morgan fingerprint density at radius 1 is 1.47 bits per heavy atom. The molecule has 2 aromatic heterocycles. The van der Waals surface area contributed by atoms with Crippen LogP contribution in [0.1, 0.15) is 12.2 Å². The van der Waals surface area contributed by atoms with Crippen LogP contribution in [0.4, 0.5) is 0 Å². The van der Waals surface area contributed by atoms with E-state index in [-0.39, 0.29) is 0 Å². The molecule has 90 valence electrons. The van der Waals surface area contributed by atoms with Crippen molar-refractivity contribution < 1.29 is 9.47 Å². The Morgan fingerprint density at radius 3 is 3.18 bits per heavy atom. The number of pyridine rings is 1. The van der Waals surface area contributed by atoms with Crippen LogP contribution in [-0.2, 0) is 11.2 Å². The smallest absolute Gasteiger partial charge is 0.161 e. The number of aromatic nitrogens is 3. The summed E-state index contributed by atoms with van der Waals surface area (Å²) in [5.41, 5.74) is 0.861. The molecule has 2 aromatic rings. The van der Waals surface area contributed by atoms with Crippen LogP contribution >= 0.6 is 0 Å². The summed E-state index contributed by atoms with van der Waals surface area (Å²) in [6.45, 7) is 1.70. The van der Waals surface area contributed by atoms with E-state index in [0.717, 1.165) is 43.3 Å². The van der Waals surface area contributed by atoms with Gasteiger partial charge in [-0.25, -0.2) is 0 Å². The zero-order valence-corrected chi connectivity index (χ0v) is 9.80. The summed E-state index contributed by atoms with van der Waals surface area (Å²) in [4.78, 5) is 0. The van der Waals surface area contributed by atoms with Crippen molar-refractivity contribution in [3.8, 4) is 5.75 Å². The number of hydrogen-bond donors (Lipinski definition) is 0. The normalized spacial score (nSPS) is 19.9. The molecule has 17 heavy (non-hydrogen) atoms.